The summed E-state index contributed by atoms with van der Waals surface area (Å²) in [6.45, 7) is 0. The molecule has 0 fully saturated rings. The number of hydrogen-bond acceptors (Lipinski definition) is 4. The van der Waals surface area contributed by atoms with Crippen molar-refractivity contribution in [2.45, 2.75) is 0 Å². The number of benzene rings is 9. The van der Waals surface area contributed by atoms with Crippen LogP contribution in [-0.4, -0.2) is 19.5 Å². The van der Waals surface area contributed by atoms with Crippen molar-refractivity contribution >= 4 is 54.1 Å². The van der Waals surface area contributed by atoms with Crippen LogP contribution in [0.4, 0.5) is 0 Å². The molecule has 0 unspecified atom stereocenters. The lowest BCUT2D eigenvalue weighted by atomic mass is 9.94. The number of fused-ring (bicyclic) bond motifs is 6. The van der Waals surface area contributed by atoms with Crippen LogP contribution in [0.15, 0.2) is 243 Å². The predicted octanol–water partition coefficient (Wildman–Crippen LogP) is 17.0. The van der Waals surface area contributed by atoms with Gasteiger partial charge in [-0.1, -0.05) is 206 Å². The maximum absolute atomic E-state index is 5.41. The van der Waals surface area contributed by atoms with Gasteiger partial charge in [0.1, 0.15) is 0 Å². The van der Waals surface area contributed by atoms with Crippen LogP contribution >= 0.6 is 11.3 Å². The lowest BCUT2D eigenvalue weighted by Gasteiger charge is -2.13. The van der Waals surface area contributed by atoms with E-state index in [-0.39, 0.29) is 0 Å². The van der Waals surface area contributed by atoms with Crippen molar-refractivity contribution in [1.82, 2.24) is 19.5 Å². The molecule has 0 bridgehead atoms. The van der Waals surface area contributed by atoms with E-state index in [1.165, 1.54) is 58.8 Å². The van der Waals surface area contributed by atoms with Gasteiger partial charge in [-0.2, -0.15) is 0 Å². The zero-order chi connectivity index (χ0) is 45.0. The van der Waals surface area contributed by atoms with Crippen molar-refractivity contribution in [2.75, 3.05) is 0 Å². The molecule has 5 heteroatoms. The first-order valence-corrected chi connectivity index (χ1v) is 23.7. The molecule has 0 saturated carbocycles. The molecule has 0 aliphatic heterocycles. The van der Waals surface area contributed by atoms with E-state index < -0.39 is 0 Å². The third kappa shape index (κ3) is 6.88. The summed E-state index contributed by atoms with van der Waals surface area (Å²) in [6.07, 6.45) is 0. The molecule has 4 aromatic heterocycles. The Hall–Kier alpha value is -8.77. The number of para-hydroxylation sites is 3. The molecule has 0 aliphatic carbocycles. The Morgan fingerprint density at radius 3 is 1.49 bits per heavy atom. The highest BCUT2D eigenvalue weighted by atomic mass is 32.1. The van der Waals surface area contributed by atoms with Gasteiger partial charge in [0.25, 0.3) is 0 Å². The molecule has 0 N–H and O–H groups in total. The summed E-state index contributed by atoms with van der Waals surface area (Å²) < 4.78 is 3.60. The van der Waals surface area contributed by atoms with Crippen molar-refractivity contribution in [1.29, 1.82) is 0 Å². The van der Waals surface area contributed by atoms with Crippen LogP contribution < -0.4 is 0 Å². The van der Waals surface area contributed by atoms with Gasteiger partial charge in [-0.05, 0) is 58.7 Å². The van der Waals surface area contributed by atoms with Crippen molar-refractivity contribution in [3.8, 4) is 83.5 Å². The molecule has 318 valence electrons. The number of pyridine rings is 1. The van der Waals surface area contributed by atoms with Crippen molar-refractivity contribution in [2.24, 2.45) is 0 Å². The van der Waals surface area contributed by atoms with Crippen LogP contribution in [0.25, 0.3) is 126 Å². The second-order valence-corrected chi connectivity index (χ2v) is 18.1. The average molecular weight is 885 g/mol. The Morgan fingerprint density at radius 2 is 0.838 bits per heavy atom. The first-order chi connectivity index (χ1) is 33.7. The third-order valence-electron chi connectivity index (χ3n) is 13.0. The van der Waals surface area contributed by atoms with Gasteiger partial charge in [0, 0.05) is 64.6 Å². The van der Waals surface area contributed by atoms with Gasteiger partial charge < -0.3 is 4.57 Å². The van der Waals surface area contributed by atoms with Crippen molar-refractivity contribution in [3.63, 3.8) is 0 Å². The topological polar surface area (TPSA) is 43.6 Å². The first-order valence-electron chi connectivity index (χ1n) is 22.9. The van der Waals surface area contributed by atoms with Gasteiger partial charge in [0.2, 0.25) is 0 Å². The first kappa shape index (κ1) is 39.6. The molecular weight excluding hydrogens is 845 g/mol. The van der Waals surface area contributed by atoms with Crippen LogP contribution in [-0.2, 0) is 0 Å². The Balaban J connectivity index is 0.879. The Kier molecular flexibility index (Phi) is 9.66. The lowest BCUT2D eigenvalue weighted by molar-refractivity contribution is 1.16. The van der Waals surface area contributed by atoms with E-state index in [2.05, 4.69) is 229 Å². The van der Waals surface area contributed by atoms with Crippen LogP contribution in [0.3, 0.4) is 0 Å². The Labute approximate surface area is 397 Å². The highest BCUT2D eigenvalue weighted by molar-refractivity contribution is 7.24. The smallest absolute Gasteiger partial charge is 0.160 e. The maximum Gasteiger partial charge on any atom is 0.160 e. The summed E-state index contributed by atoms with van der Waals surface area (Å²) in [5, 5.41) is 4.83. The van der Waals surface area contributed by atoms with E-state index in [0.29, 0.717) is 5.82 Å². The van der Waals surface area contributed by atoms with E-state index in [9.17, 15) is 0 Å². The van der Waals surface area contributed by atoms with Gasteiger partial charge in [-0.15, -0.1) is 11.3 Å². The molecule has 0 aliphatic rings. The molecule has 0 atom stereocenters. The predicted molar refractivity (Wildman–Crippen MR) is 285 cm³/mol. The minimum Gasteiger partial charge on any atom is -0.309 e. The second kappa shape index (κ2) is 16.6. The summed E-state index contributed by atoms with van der Waals surface area (Å²) in [7, 11) is 0. The maximum atomic E-state index is 5.41. The Morgan fingerprint density at radius 1 is 0.338 bits per heavy atom. The normalized spacial score (nSPS) is 11.5. The van der Waals surface area contributed by atoms with E-state index >= 15 is 0 Å². The standard InChI is InChI=1S/C63H40N4S/c1-4-17-44(18-5-1)58-59-60(64-53-28-13-10-27-52(53)62(59)68-61(58)46-19-6-2-7-20-46)45-37-33-42(34-38-45)41-31-35-43(36-32-41)54-40-55(66-63(65-54)47-21-8-3-9-22-47)48-23-16-24-49(39-48)67-56-29-14-11-25-50(56)51-26-12-15-30-57(51)67/h1-40H. The molecule has 9 aromatic carbocycles. The van der Waals surface area contributed by atoms with Gasteiger partial charge in [0.15, 0.2) is 5.82 Å². The highest BCUT2D eigenvalue weighted by Crippen LogP contribution is 2.50. The number of rotatable bonds is 8. The minimum atomic E-state index is 0.688. The number of thiophene rings is 1. The van der Waals surface area contributed by atoms with Gasteiger partial charge in [0.05, 0.1) is 33.6 Å². The van der Waals surface area contributed by atoms with Crippen molar-refractivity contribution < 1.29 is 0 Å². The summed E-state index contributed by atoms with van der Waals surface area (Å²) in [5.74, 6) is 0.688. The molecule has 0 spiro atoms. The van der Waals surface area contributed by atoms with E-state index in [1.807, 2.05) is 29.5 Å². The summed E-state index contributed by atoms with van der Waals surface area (Å²) in [6, 6.07) is 86.0. The largest absolute Gasteiger partial charge is 0.309 e. The van der Waals surface area contributed by atoms with Gasteiger partial charge >= 0.3 is 0 Å². The Bertz CT molecular complexity index is 3940. The zero-order valence-electron chi connectivity index (χ0n) is 36.8. The molecule has 0 saturated heterocycles. The average Bonchev–Trinajstić information content (AvgIpc) is 3.99. The fourth-order valence-electron chi connectivity index (χ4n) is 9.79. The van der Waals surface area contributed by atoms with Gasteiger partial charge in [-0.3, -0.25) is 0 Å². The zero-order valence-corrected chi connectivity index (χ0v) is 37.6. The third-order valence-corrected chi connectivity index (χ3v) is 14.3. The fraction of sp³-hybridized carbons (Fsp3) is 0. The highest BCUT2D eigenvalue weighted by Gasteiger charge is 2.23. The SMILES string of the molecule is c1ccc(-c2nc(-c3ccc(-c4ccc(-c5nc6ccccc6c6sc(-c7ccccc7)c(-c7ccccc7)c56)cc4)cc3)cc(-c3cccc(-n4c5ccccc5c5ccccc54)c3)n2)cc1. The number of nitrogens with zero attached hydrogens (tertiary/aromatic N) is 4. The summed E-state index contributed by atoms with van der Waals surface area (Å²) >= 11 is 1.86. The second-order valence-electron chi connectivity index (χ2n) is 17.1. The van der Waals surface area contributed by atoms with Crippen LogP contribution in [0.5, 0.6) is 0 Å². The summed E-state index contributed by atoms with van der Waals surface area (Å²) in [4.78, 5) is 17.0. The van der Waals surface area contributed by atoms with Crippen LogP contribution in [0.2, 0.25) is 0 Å². The molecule has 13 aromatic rings. The molecule has 4 heterocycles. The van der Waals surface area contributed by atoms with E-state index in [0.717, 1.165) is 61.7 Å². The number of aromatic nitrogens is 4. The van der Waals surface area contributed by atoms with E-state index in [1.54, 1.807) is 0 Å². The molecule has 68 heavy (non-hydrogen) atoms. The minimum absolute atomic E-state index is 0.688. The lowest BCUT2D eigenvalue weighted by Crippen LogP contribution is -1.97. The van der Waals surface area contributed by atoms with Crippen LogP contribution in [0.1, 0.15) is 0 Å². The molecule has 0 amide bonds. The van der Waals surface area contributed by atoms with Gasteiger partial charge in [-0.25, -0.2) is 15.0 Å². The quantitative estimate of drug-likeness (QED) is 0.153. The summed E-state index contributed by atoms with van der Waals surface area (Å²) in [5.41, 5.74) is 17.1. The monoisotopic (exact) mass is 884 g/mol. The van der Waals surface area contributed by atoms with Crippen LogP contribution in [0, 0.1) is 0 Å². The molecule has 13 rings (SSSR count). The van der Waals surface area contributed by atoms with E-state index in [4.69, 9.17) is 15.0 Å². The molecule has 0 radical (unpaired) electrons. The molecule has 4 nitrogen and oxygen atoms in total. The number of hydrogen-bond donors (Lipinski definition) is 0. The van der Waals surface area contributed by atoms with Crippen molar-refractivity contribution in [3.05, 3.63) is 243 Å². The fourth-order valence-corrected chi connectivity index (χ4v) is 11.1. The molecular formula is C63H40N4S.